The van der Waals surface area contributed by atoms with Crippen molar-refractivity contribution in [2.45, 2.75) is 64.9 Å². The van der Waals surface area contributed by atoms with E-state index in [9.17, 15) is 9.90 Å². The molecule has 28 heavy (non-hydrogen) atoms. The molecule has 0 saturated carbocycles. The van der Waals surface area contributed by atoms with E-state index >= 15 is 0 Å². The summed E-state index contributed by atoms with van der Waals surface area (Å²) in [4.78, 5) is 21.6. The molecule has 2 aliphatic rings. The number of aliphatic hydroxyl groups excluding tert-OH is 1. The molecular formula is C22H35N3O3. The second-order valence-electron chi connectivity index (χ2n) is 9.12. The van der Waals surface area contributed by atoms with E-state index in [1.54, 1.807) is 4.90 Å². The molecule has 6 nitrogen and oxygen atoms in total. The number of piperidine rings is 1. The number of hydrogen-bond donors (Lipinski definition) is 1. The Kier molecular flexibility index (Phi) is 6.94. The van der Waals surface area contributed by atoms with Crippen LogP contribution in [0.15, 0.2) is 12.1 Å². The molecule has 156 valence electrons. The Labute approximate surface area is 168 Å². The average Bonchev–Trinajstić information content (AvgIpc) is 2.66. The number of likely N-dealkylation sites (tertiary alicyclic amines) is 1. The summed E-state index contributed by atoms with van der Waals surface area (Å²) in [6.07, 6.45) is 5.84. The van der Waals surface area contributed by atoms with E-state index in [1.165, 1.54) is 6.42 Å². The molecule has 0 unspecified atom stereocenters. The van der Waals surface area contributed by atoms with Gasteiger partial charge in [-0.3, -0.25) is 4.90 Å². The highest BCUT2D eigenvalue weighted by Gasteiger charge is 2.28. The number of rotatable bonds is 5. The molecule has 1 saturated heterocycles. The van der Waals surface area contributed by atoms with E-state index in [0.29, 0.717) is 19.1 Å². The van der Waals surface area contributed by atoms with Crippen molar-refractivity contribution in [2.24, 2.45) is 5.92 Å². The molecule has 1 atom stereocenters. The first kappa shape index (κ1) is 21.1. The standard InChI is InChI=1S/C22H35N3O3/c1-22(2,3)28-21(27)25-14-5-8-18-10-11-19(23-20(18)25)9-6-13-24-12-4-7-17(15-24)16-26/h10-11,17,26H,4-9,12-16H2,1-3H3/t17-/m1/s1. The fourth-order valence-corrected chi connectivity index (χ4v) is 4.10. The Morgan fingerprint density at radius 1 is 1.29 bits per heavy atom. The van der Waals surface area contributed by atoms with Crippen molar-refractivity contribution in [1.29, 1.82) is 0 Å². The number of aromatic nitrogens is 1. The van der Waals surface area contributed by atoms with Gasteiger partial charge in [-0.1, -0.05) is 6.07 Å². The highest BCUT2D eigenvalue weighted by Crippen LogP contribution is 2.27. The van der Waals surface area contributed by atoms with Gasteiger partial charge in [0, 0.05) is 25.4 Å². The fraction of sp³-hybridized carbons (Fsp3) is 0.727. The number of fused-ring (bicyclic) bond motifs is 1. The van der Waals surface area contributed by atoms with Crippen LogP contribution in [0.4, 0.5) is 10.6 Å². The Morgan fingerprint density at radius 3 is 2.86 bits per heavy atom. The third-order valence-electron chi connectivity index (χ3n) is 5.48. The maximum atomic E-state index is 12.6. The first-order valence-electron chi connectivity index (χ1n) is 10.7. The van der Waals surface area contributed by atoms with Crippen LogP contribution in [0, 0.1) is 5.92 Å². The Balaban J connectivity index is 1.60. The number of carbonyl (C=O) groups is 1. The molecule has 1 fully saturated rings. The Hall–Kier alpha value is -1.66. The molecule has 0 radical (unpaired) electrons. The van der Waals surface area contributed by atoms with Crippen molar-refractivity contribution in [2.75, 3.05) is 37.7 Å². The zero-order chi connectivity index (χ0) is 20.1. The predicted octanol–water partition coefficient (Wildman–Crippen LogP) is 3.41. The zero-order valence-corrected chi connectivity index (χ0v) is 17.6. The van der Waals surface area contributed by atoms with Gasteiger partial charge >= 0.3 is 6.09 Å². The normalized spacial score (nSPS) is 20.7. The van der Waals surface area contributed by atoms with Gasteiger partial charge in [0.1, 0.15) is 11.4 Å². The topological polar surface area (TPSA) is 65.9 Å². The van der Waals surface area contributed by atoms with Gasteiger partial charge in [-0.2, -0.15) is 0 Å². The number of carbonyl (C=O) groups excluding carboxylic acids is 1. The van der Waals surface area contributed by atoms with Gasteiger partial charge in [0.2, 0.25) is 0 Å². The van der Waals surface area contributed by atoms with E-state index in [2.05, 4.69) is 17.0 Å². The molecule has 3 rings (SSSR count). The van der Waals surface area contributed by atoms with E-state index in [-0.39, 0.29) is 6.09 Å². The number of nitrogens with zero attached hydrogens (tertiary/aromatic N) is 3. The fourth-order valence-electron chi connectivity index (χ4n) is 4.10. The molecule has 3 heterocycles. The van der Waals surface area contributed by atoms with Crippen LogP contribution >= 0.6 is 0 Å². The summed E-state index contributed by atoms with van der Waals surface area (Å²) < 4.78 is 5.57. The second kappa shape index (κ2) is 9.23. The summed E-state index contributed by atoms with van der Waals surface area (Å²) in [6.45, 7) is 9.79. The number of pyridine rings is 1. The minimum atomic E-state index is -0.507. The maximum Gasteiger partial charge on any atom is 0.416 e. The molecule has 1 aromatic heterocycles. The molecule has 1 amide bonds. The average molecular weight is 390 g/mol. The predicted molar refractivity (Wildman–Crippen MR) is 111 cm³/mol. The molecule has 0 spiro atoms. The Bertz CT molecular complexity index is 671. The number of hydrogen-bond acceptors (Lipinski definition) is 5. The minimum Gasteiger partial charge on any atom is -0.443 e. The third-order valence-corrected chi connectivity index (χ3v) is 5.48. The van der Waals surface area contributed by atoms with Crippen LogP contribution in [-0.2, 0) is 17.6 Å². The molecule has 1 aromatic rings. The van der Waals surface area contributed by atoms with E-state index in [0.717, 1.165) is 68.8 Å². The van der Waals surface area contributed by atoms with Gasteiger partial charge in [-0.05, 0) is 89.9 Å². The van der Waals surface area contributed by atoms with Crippen LogP contribution in [0.1, 0.15) is 57.7 Å². The minimum absolute atomic E-state index is 0.295. The lowest BCUT2D eigenvalue weighted by atomic mass is 9.99. The van der Waals surface area contributed by atoms with Crippen molar-refractivity contribution >= 4 is 11.9 Å². The largest absolute Gasteiger partial charge is 0.443 e. The summed E-state index contributed by atoms with van der Waals surface area (Å²) in [5.41, 5.74) is 1.65. The summed E-state index contributed by atoms with van der Waals surface area (Å²) >= 11 is 0. The van der Waals surface area contributed by atoms with Crippen molar-refractivity contribution in [3.05, 3.63) is 23.4 Å². The first-order valence-corrected chi connectivity index (χ1v) is 10.7. The van der Waals surface area contributed by atoms with Crippen LogP contribution in [0.2, 0.25) is 0 Å². The highest BCUT2D eigenvalue weighted by atomic mass is 16.6. The van der Waals surface area contributed by atoms with Crippen molar-refractivity contribution in [3.8, 4) is 0 Å². The van der Waals surface area contributed by atoms with Gasteiger partial charge in [0.25, 0.3) is 0 Å². The molecule has 2 aliphatic heterocycles. The van der Waals surface area contributed by atoms with Gasteiger partial charge in [0.05, 0.1) is 0 Å². The van der Waals surface area contributed by atoms with Gasteiger partial charge in [-0.25, -0.2) is 9.78 Å². The molecule has 0 bridgehead atoms. The van der Waals surface area contributed by atoms with Crippen molar-refractivity contribution < 1.29 is 14.6 Å². The molecule has 6 heteroatoms. The number of ether oxygens (including phenoxy) is 1. The summed E-state index contributed by atoms with van der Waals surface area (Å²) in [5.74, 6) is 1.20. The monoisotopic (exact) mass is 389 g/mol. The van der Waals surface area contributed by atoms with Crippen LogP contribution < -0.4 is 4.90 Å². The highest BCUT2D eigenvalue weighted by molar-refractivity contribution is 5.88. The van der Waals surface area contributed by atoms with Crippen molar-refractivity contribution in [1.82, 2.24) is 9.88 Å². The molecule has 0 aromatic carbocycles. The number of aryl methyl sites for hydroxylation is 2. The van der Waals surface area contributed by atoms with E-state index in [4.69, 9.17) is 9.72 Å². The number of anilines is 1. The zero-order valence-electron chi connectivity index (χ0n) is 17.6. The third kappa shape index (κ3) is 5.67. The maximum absolute atomic E-state index is 12.6. The van der Waals surface area contributed by atoms with Crippen LogP contribution in [0.5, 0.6) is 0 Å². The number of amides is 1. The Morgan fingerprint density at radius 2 is 2.11 bits per heavy atom. The second-order valence-corrected chi connectivity index (χ2v) is 9.12. The number of aliphatic hydroxyl groups is 1. The molecule has 0 aliphatic carbocycles. The smallest absolute Gasteiger partial charge is 0.416 e. The lowest BCUT2D eigenvalue weighted by Gasteiger charge is -2.32. The van der Waals surface area contributed by atoms with Crippen molar-refractivity contribution in [3.63, 3.8) is 0 Å². The van der Waals surface area contributed by atoms with Crippen LogP contribution in [0.3, 0.4) is 0 Å². The lowest BCUT2D eigenvalue weighted by molar-refractivity contribution is 0.0576. The van der Waals surface area contributed by atoms with Crippen LogP contribution in [-0.4, -0.2) is 59.5 Å². The van der Waals surface area contributed by atoms with Crippen LogP contribution in [0.25, 0.3) is 0 Å². The van der Waals surface area contributed by atoms with Gasteiger partial charge in [-0.15, -0.1) is 0 Å². The SMILES string of the molecule is CC(C)(C)OC(=O)N1CCCc2ccc(CCCN3CCC[C@@H](CO)C3)nc21. The van der Waals surface area contributed by atoms with Gasteiger partial charge < -0.3 is 14.7 Å². The summed E-state index contributed by atoms with van der Waals surface area (Å²) in [5, 5.41) is 9.39. The molecule has 1 N–H and O–H groups in total. The summed E-state index contributed by atoms with van der Waals surface area (Å²) in [7, 11) is 0. The molecular weight excluding hydrogens is 354 g/mol. The van der Waals surface area contributed by atoms with E-state index < -0.39 is 5.60 Å². The quantitative estimate of drug-likeness (QED) is 0.836. The summed E-state index contributed by atoms with van der Waals surface area (Å²) in [6, 6.07) is 4.22. The van der Waals surface area contributed by atoms with E-state index in [1.807, 2.05) is 20.8 Å². The van der Waals surface area contributed by atoms with Gasteiger partial charge in [0.15, 0.2) is 0 Å². The first-order chi connectivity index (χ1) is 13.4. The lowest BCUT2D eigenvalue weighted by Crippen LogP contribution is -2.40.